The third kappa shape index (κ3) is 2.18. The van der Waals surface area contributed by atoms with Crippen molar-refractivity contribution in [3.8, 4) is 0 Å². The molecular weight excluding hydrogens is 188 g/mol. The molecule has 1 aromatic carbocycles. The van der Waals surface area contributed by atoms with Crippen LogP contribution in [0.3, 0.4) is 0 Å². The summed E-state index contributed by atoms with van der Waals surface area (Å²) in [5.41, 5.74) is 9.11. The minimum Gasteiger partial charge on any atom is -0.326 e. The first-order valence-corrected chi connectivity index (χ1v) is 5.35. The van der Waals surface area contributed by atoms with Gasteiger partial charge in [-0.2, -0.15) is 0 Å². The molecule has 1 unspecified atom stereocenters. The first kappa shape index (κ1) is 10.2. The molecule has 1 amide bonds. The molecule has 1 atom stereocenters. The Labute approximate surface area is 89.7 Å². The Bertz CT molecular complexity index is 385. The predicted molar refractivity (Wildman–Crippen MR) is 60.6 cm³/mol. The zero-order valence-electron chi connectivity index (χ0n) is 8.92. The van der Waals surface area contributed by atoms with Crippen molar-refractivity contribution in [1.82, 2.24) is 0 Å². The normalized spacial score (nSPS) is 17.6. The molecule has 0 radical (unpaired) electrons. The van der Waals surface area contributed by atoms with E-state index in [1.807, 2.05) is 19.1 Å². The van der Waals surface area contributed by atoms with Crippen molar-refractivity contribution in [1.29, 1.82) is 0 Å². The number of hydrogen-bond acceptors (Lipinski definition) is 2. The van der Waals surface area contributed by atoms with E-state index in [1.165, 1.54) is 5.56 Å². The average Bonchev–Trinajstić information content (AvgIpc) is 2.37. The quantitative estimate of drug-likeness (QED) is 0.735. The van der Waals surface area contributed by atoms with Crippen molar-refractivity contribution >= 4 is 11.6 Å². The maximum Gasteiger partial charge on any atom is 0.224 e. The number of nitrogens with one attached hydrogen (secondary N) is 1. The minimum absolute atomic E-state index is 0.0502. The number of benzene rings is 1. The molecular formula is C12H16N2O. The Kier molecular flexibility index (Phi) is 2.73. The van der Waals surface area contributed by atoms with Crippen molar-refractivity contribution in [3.63, 3.8) is 0 Å². The summed E-state index contributed by atoms with van der Waals surface area (Å²) in [7, 11) is 0. The van der Waals surface area contributed by atoms with Crippen molar-refractivity contribution in [2.75, 3.05) is 5.32 Å². The van der Waals surface area contributed by atoms with Crippen LogP contribution in [0.2, 0.25) is 0 Å². The highest BCUT2D eigenvalue weighted by atomic mass is 16.1. The number of anilines is 1. The van der Waals surface area contributed by atoms with Gasteiger partial charge in [-0.1, -0.05) is 12.1 Å². The largest absolute Gasteiger partial charge is 0.326 e. The Balaban J connectivity index is 2.35. The van der Waals surface area contributed by atoms with Crippen molar-refractivity contribution < 1.29 is 4.79 Å². The summed E-state index contributed by atoms with van der Waals surface area (Å²) in [6, 6.07) is 6.09. The molecule has 3 N–H and O–H groups in total. The maximum atomic E-state index is 11.3. The van der Waals surface area contributed by atoms with Gasteiger partial charge in [0.25, 0.3) is 0 Å². The lowest BCUT2D eigenvalue weighted by Gasteiger charge is -2.11. The summed E-state index contributed by atoms with van der Waals surface area (Å²) in [4.78, 5) is 11.3. The molecule has 15 heavy (non-hydrogen) atoms. The fourth-order valence-corrected chi connectivity index (χ4v) is 1.88. The summed E-state index contributed by atoms with van der Waals surface area (Å²) >= 11 is 0. The predicted octanol–water partition coefficient (Wildman–Crippen LogP) is 1.98. The molecule has 0 saturated carbocycles. The Morgan fingerprint density at radius 1 is 1.40 bits per heavy atom. The Morgan fingerprint density at radius 3 is 2.93 bits per heavy atom. The number of rotatable bonds is 1. The van der Waals surface area contributed by atoms with E-state index in [0.29, 0.717) is 6.42 Å². The lowest BCUT2D eigenvalue weighted by Crippen LogP contribution is -2.10. The highest BCUT2D eigenvalue weighted by Crippen LogP contribution is 2.24. The van der Waals surface area contributed by atoms with Gasteiger partial charge in [-0.25, -0.2) is 0 Å². The summed E-state index contributed by atoms with van der Waals surface area (Å²) in [5.74, 6) is 0.113. The monoisotopic (exact) mass is 204 g/mol. The highest BCUT2D eigenvalue weighted by molar-refractivity contribution is 5.92. The molecule has 0 bridgehead atoms. The van der Waals surface area contributed by atoms with Crippen LogP contribution in [0.25, 0.3) is 0 Å². The van der Waals surface area contributed by atoms with Gasteiger partial charge < -0.3 is 11.1 Å². The van der Waals surface area contributed by atoms with Gasteiger partial charge >= 0.3 is 0 Å². The molecule has 1 aliphatic heterocycles. The fourth-order valence-electron chi connectivity index (χ4n) is 1.88. The molecule has 3 nitrogen and oxygen atoms in total. The molecule has 1 heterocycles. The van der Waals surface area contributed by atoms with E-state index in [0.717, 1.165) is 24.1 Å². The van der Waals surface area contributed by atoms with E-state index in [2.05, 4.69) is 11.4 Å². The number of hydrogen-bond donors (Lipinski definition) is 2. The average molecular weight is 204 g/mol. The third-order valence-corrected chi connectivity index (χ3v) is 2.78. The maximum absolute atomic E-state index is 11.3. The number of amides is 1. The number of aryl methyl sites for hydroxylation is 1. The van der Waals surface area contributed by atoms with Crippen LogP contribution in [0.15, 0.2) is 18.2 Å². The van der Waals surface area contributed by atoms with E-state index in [1.54, 1.807) is 0 Å². The van der Waals surface area contributed by atoms with Gasteiger partial charge in [-0.3, -0.25) is 4.79 Å². The highest BCUT2D eigenvalue weighted by Gasteiger charge is 2.13. The van der Waals surface area contributed by atoms with Gasteiger partial charge in [0.15, 0.2) is 0 Å². The van der Waals surface area contributed by atoms with Gasteiger partial charge in [-0.15, -0.1) is 0 Å². The van der Waals surface area contributed by atoms with Crippen LogP contribution in [0.4, 0.5) is 5.69 Å². The van der Waals surface area contributed by atoms with E-state index < -0.39 is 0 Å². The van der Waals surface area contributed by atoms with Crippen molar-refractivity contribution in [2.45, 2.75) is 32.2 Å². The summed E-state index contributed by atoms with van der Waals surface area (Å²) < 4.78 is 0. The molecule has 0 saturated heterocycles. The van der Waals surface area contributed by atoms with Gasteiger partial charge in [0, 0.05) is 18.2 Å². The lowest BCUT2D eigenvalue weighted by molar-refractivity contribution is -0.116. The molecule has 1 aromatic rings. The number of nitrogens with two attached hydrogens (primary N) is 1. The molecule has 80 valence electrons. The molecule has 0 aromatic heterocycles. The summed E-state index contributed by atoms with van der Waals surface area (Å²) in [6.45, 7) is 1.97. The zero-order valence-corrected chi connectivity index (χ0v) is 8.92. The van der Waals surface area contributed by atoms with Crippen LogP contribution >= 0.6 is 0 Å². The lowest BCUT2D eigenvalue weighted by atomic mass is 10.0. The molecule has 3 heteroatoms. The van der Waals surface area contributed by atoms with E-state index >= 15 is 0 Å². The molecule has 2 rings (SSSR count). The third-order valence-electron chi connectivity index (χ3n) is 2.78. The number of fused-ring (bicyclic) bond motifs is 1. The first-order valence-electron chi connectivity index (χ1n) is 5.35. The topological polar surface area (TPSA) is 55.1 Å². The Morgan fingerprint density at radius 2 is 2.20 bits per heavy atom. The zero-order chi connectivity index (χ0) is 10.8. The molecule has 1 aliphatic rings. The van der Waals surface area contributed by atoms with Crippen LogP contribution in [0.5, 0.6) is 0 Å². The van der Waals surface area contributed by atoms with Gasteiger partial charge in [0.1, 0.15) is 0 Å². The minimum atomic E-state index is 0.0502. The smallest absolute Gasteiger partial charge is 0.224 e. The standard InChI is InChI=1S/C12H16N2O/c1-8(13)9-5-6-11-10(7-9)3-2-4-12(15)14-11/h5-8H,2-4,13H2,1H3,(H,14,15). The SMILES string of the molecule is CC(N)c1ccc2c(c1)CCCC(=O)N2. The molecule has 0 spiro atoms. The van der Waals surface area contributed by atoms with E-state index in [4.69, 9.17) is 5.73 Å². The Hall–Kier alpha value is -1.35. The van der Waals surface area contributed by atoms with Gasteiger partial charge in [0.05, 0.1) is 0 Å². The van der Waals surface area contributed by atoms with Crippen LogP contribution in [0, 0.1) is 0 Å². The number of carbonyl (C=O) groups is 1. The fraction of sp³-hybridized carbons (Fsp3) is 0.417. The number of carbonyl (C=O) groups excluding carboxylic acids is 1. The van der Waals surface area contributed by atoms with Crippen LogP contribution in [-0.2, 0) is 11.2 Å². The van der Waals surface area contributed by atoms with Crippen molar-refractivity contribution in [2.24, 2.45) is 5.73 Å². The second-order valence-corrected chi connectivity index (χ2v) is 4.11. The van der Waals surface area contributed by atoms with Gasteiger partial charge in [-0.05, 0) is 37.0 Å². The molecule has 0 fully saturated rings. The van der Waals surface area contributed by atoms with Gasteiger partial charge in [0.2, 0.25) is 5.91 Å². The molecule has 0 aliphatic carbocycles. The van der Waals surface area contributed by atoms with Crippen LogP contribution in [-0.4, -0.2) is 5.91 Å². The first-order chi connectivity index (χ1) is 7.16. The van der Waals surface area contributed by atoms with E-state index in [-0.39, 0.29) is 11.9 Å². The second-order valence-electron chi connectivity index (χ2n) is 4.11. The van der Waals surface area contributed by atoms with E-state index in [9.17, 15) is 4.79 Å². The summed E-state index contributed by atoms with van der Waals surface area (Å²) in [6.07, 6.45) is 2.48. The summed E-state index contributed by atoms with van der Waals surface area (Å²) in [5, 5.41) is 2.91. The van der Waals surface area contributed by atoms with Crippen molar-refractivity contribution in [3.05, 3.63) is 29.3 Å². The second kappa shape index (κ2) is 4.03. The van der Waals surface area contributed by atoms with Crippen LogP contribution < -0.4 is 11.1 Å². The van der Waals surface area contributed by atoms with Crippen LogP contribution in [0.1, 0.15) is 36.9 Å².